The molecule has 3 heteroatoms. The summed E-state index contributed by atoms with van der Waals surface area (Å²) in [5.41, 5.74) is 1.80. The maximum Gasteiger partial charge on any atom is 0.127 e. The van der Waals surface area contributed by atoms with Gasteiger partial charge in [-0.2, -0.15) is 0 Å². The lowest BCUT2D eigenvalue weighted by molar-refractivity contribution is 0.414. The molecule has 2 aromatic carbocycles. The molecule has 19 heavy (non-hydrogen) atoms. The summed E-state index contributed by atoms with van der Waals surface area (Å²) in [7, 11) is 1.65. The van der Waals surface area contributed by atoms with Crippen molar-refractivity contribution in [1.82, 2.24) is 5.32 Å². The standard InChI is InChI=1S/C16H18FNO/c1-12(15-8-3-4-9-16(15)17)18-11-13-6-5-7-14(10-13)19-2/h3-10,12,18H,11H2,1-2H3. The van der Waals surface area contributed by atoms with Crippen molar-refractivity contribution >= 4 is 0 Å². The van der Waals surface area contributed by atoms with E-state index in [1.807, 2.05) is 37.3 Å². The zero-order valence-corrected chi connectivity index (χ0v) is 11.2. The monoisotopic (exact) mass is 259 g/mol. The summed E-state index contributed by atoms with van der Waals surface area (Å²) >= 11 is 0. The van der Waals surface area contributed by atoms with Crippen LogP contribution >= 0.6 is 0 Å². The first-order chi connectivity index (χ1) is 9.20. The molecular formula is C16H18FNO. The minimum Gasteiger partial charge on any atom is -0.497 e. The van der Waals surface area contributed by atoms with Crippen molar-refractivity contribution in [1.29, 1.82) is 0 Å². The van der Waals surface area contributed by atoms with Crippen LogP contribution in [0.5, 0.6) is 5.75 Å². The van der Waals surface area contributed by atoms with Gasteiger partial charge in [-0.05, 0) is 30.7 Å². The quantitative estimate of drug-likeness (QED) is 0.884. The van der Waals surface area contributed by atoms with Crippen LogP contribution in [0, 0.1) is 5.82 Å². The SMILES string of the molecule is COc1cccc(CNC(C)c2ccccc2F)c1. The van der Waals surface area contributed by atoms with Crippen LogP contribution in [0.3, 0.4) is 0 Å². The van der Waals surface area contributed by atoms with Gasteiger partial charge in [-0.15, -0.1) is 0 Å². The average Bonchev–Trinajstić information content (AvgIpc) is 2.45. The highest BCUT2D eigenvalue weighted by molar-refractivity contribution is 5.28. The second-order valence-electron chi connectivity index (χ2n) is 4.48. The van der Waals surface area contributed by atoms with E-state index in [1.54, 1.807) is 19.2 Å². The second-order valence-corrected chi connectivity index (χ2v) is 4.48. The van der Waals surface area contributed by atoms with Crippen molar-refractivity contribution in [2.45, 2.75) is 19.5 Å². The number of hydrogen-bond donors (Lipinski definition) is 1. The molecular weight excluding hydrogens is 241 g/mol. The number of hydrogen-bond acceptors (Lipinski definition) is 2. The Bertz CT molecular complexity index is 542. The third kappa shape index (κ3) is 3.55. The number of nitrogens with one attached hydrogen (secondary N) is 1. The van der Waals surface area contributed by atoms with Gasteiger partial charge in [0.1, 0.15) is 11.6 Å². The lowest BCUT2D eigenvalue weighted by Crippen LogP contribution is -2.19. The molecule has 0 saturated heterocycles. The minimum absolute atomic E-state index is 0.0348. The second kappa shape index (κ2) is 6.34. The first kappa shape index (κ1) is 13.6. The Labute approximate surface area is 113 Å². The molecule has 0 fully saturated rings. The maximum absolute atomic E-state index is 13.6. The summed E-state index contributed by atoms with van der Waals surface area (Å²) in [6.45, 7) is 2.63. The molecule has 1 N–H and O–H groups in total. The Morgan fingerprint density at radius 1 is 1.16 bits per heavy atom. The van der Waals surface area contributed by atoms with Crippen LogP contribution in [-0.4, -0.2) is 7.11 Å². The highest BCUT2D eigenvalue weighted by Gasteiger charge is 2.09. The van der Waals surface area contributed by atoms with Crippen LogP contribution in [0.4, 0.5) is 4.39 Å². The van der Waals surface area contributed by atoms with Crippen molar-refractivity contribution in [3.8, 4) is 5.75 Å². The van der Waals surface area contributed by atoms with Gasteiger partial charge in [-0.25, -0.2) is 4.39 Å². The van der Waals surface area contributed by atoms with Gasteiger partial charge >= 0.3 is 0 Å². The van der Waals surface area contributed by atoms with Crippen LogP contribution in [0.15, 0.2) is 48.5 Å². The van der Waals surface area contributed by atoms with Crippen LogP contribution in [0.25, 0.3) is 0 Å². The third-order valence-electron chi connectivity index (χ3n) is 3.12. The predicted molar refractivity (Wildman–Crippen MR) is 74.6 cm³/mol. The molecule has 2 nitrogen and oxygen atoms in total. The lowest BCUT2D eigenvalue weighted by atomic mass is 10.1. The average molecular weight is 259 g/mol. The van der Waals surface area contributed by atoms with Gasteiger partial charge < -0.3 is 10.1 Å². The van der Waals surface area contributed by atoms with Gasteiger partial charge in [0, 0.05) is 18.2 Å². The molecule has 2 aromatic rings. The van der Waals surface area contributed by atoms with Gasteiger partial charge in [-0.3, -0.25) is 0 Å². The molecule has 2 rings (SSSR count). The van der Waals surface area contributed by atoms with Crippen molar-refractivity contribution in [3.05, 3.63) is 65.5 Å². The van der Waals surface area contributed by atoms with Crippen LogP contribution < -0.4 is 10.1 Å². The fourth-order valence-electron chi connectivity index (χ4n) is 1.99. The van der Waals surface area contributed by atoms with Crippen LogP contribution in [0.2, 0.25) is 0 Å². The summed E-state index contributed by atoms with van der Waals surface area (Å²) in [6.07, 6.45) is 0. The van der Waals surface area contributed by atoms with E-state index in [0.717, 1.165) is 11.3 Å². The minimum atomic E-state index is -0.173. The van der Waals surface area contributed by atoms with Crippen molar-refractivity contribution in [2.75, 3.05) is 7.11 Å². The highest BCUT2D eigenvalue weighted by atomic mass is 19.1. The van der Waals surface area contributed by atoms with E-state index in [1.165, 1.54) is 6.07 Å². The van der Waals surface area contributed by atoms with Crippen LogP contribution in [0.1, 0.15) is 24.1 Å². The Kier molecular flexibility index (Phi) is 4.53. The first-order valence-electron chi connectivity index (χ1n) is 6.31. The van der Waals surface area contributed by atoms with Crippen molar-refractivity contribution < 1.29 is 9.13 Å². The molecule has 100 valence electrons. The molecule has 1 atom stereocenters. The summed E-state index contributed by atoms with van der Waals surface area (Å²) in [6, 6.07) is 14.7. The number of rotatable bonds is 5. The smallest absolute Gasteiger partial charge is 0.127 e. The Morgan fingerprint density at radius 3 is 2.68 bits per heavy atom. The molecule has 0 aliphatic rings. The summed E-state index contributed by atoms with van der Waals surface area (Å²) in [5, 5.41) is 3.31. The van der Waals surface area contributed by atoms with Gasteiger partial charge in [-0.1, -0.05) is 30.3 Å². The maximum atomic E-state index is 13.6. The number of halogens is 1. The molecule has 0 amide bonds. The Hall–Kier alpha value is -1.87. The van der Waals surface area contributed by atoms with E-state index < -0.39 is 0 Å². The van der Waals surface area contributed by atoms with E-state index >= 15 is 0 Å². The van der Waals surface area contributed by atoms with Crippen molar-refractivity contribution in [3.63, 3.8) is 0 Å². The molecule has 0 aliphatic carbocycles. The van der Waals surface area contributed by atoms with E-state index in [2.05, 4.69) is 5.32 Å². The number of methoxy groups -OCH3 is 1. The van der Waals surface area contributed by atoms with Gasteiger partial charge in [0.2, 0.25) is 0 Å². The van der Waals surface area contributed by atoms with Gasteiger partial charge in [0.25, 0.3) is 0 Å². The van der Waals surface area contributed by atoms with Crippen LogP contribution in [-0.2, 0) is 6.54 Å². The summed E-state index contributed by atoms with van der Waals surface area (Å²) < 4.78 is 18.8. The van der Waals surface area contributed by atoms with E-state index in [4.69, 9.17) is 4.74 Å². The summed E-state index contributed by atoms with van der Waals surface area (Å²) in [5.74, 6) is 0.658. The van der Waals surface area contributed by atoms with E-state index in [0.29, 0.717) is 12.1 Å². The Morgan fingerprint density at radius 2 is 1.95 bits per heavy atom. The van der Waals surface area contributed by atoms with E-state index in [-0.39, 0.29) is 11.9 Å². The zero-order valence-electron chi connectivity index (χ0n) is 11.2. The first-order valence-corrected chi connectivity index (χ1v) is 6.31. The third-order valence-corrected chi connectivity index (χ3v) is 3.12. The molecule has 0 aliphatic heterocycles. The molecule has 0 heterocycles. The fourth-order valence-corrected chi connectivity index (χ4v) is 1.99. The molecule has 0 aromatic heterocycles. The topological polar surface area (TPSA) is 21.3 Å². The molecule has 0 saturated carbocycles. The van der Waals surface area contributed by atoms with Gasteiger partial charge in [0.05, 0.1) is 7.11 Å². The molecule has 0 bridgehead atoms. The Balaban J connectivity index is 2.00. The summed E-state index contributed by atoms with van der Waals surface area (Å²) in [4.78, 5) is 0. The van der Waals surface area contributed by atoms with Gasteiger partial charge in [0.15, 0.2) is 0 Å². The normalized spacial score (nSPS) is 12.2. The fraction of sp³-hybridized carbons (Fsp3) is 0.250. The molecule has 0 radical (unpaired) electrons. The zero-order chi connectivity index (χ0) is 13.7. The molecule has 0 spiro atoms. The van der Waals surface area contributed by atoms with Crippen molar-refractivity contribution in [2.24, 2.45) is 0 Å². The largest absolute Gasteiger partial charge is 0.497 e. The predicted octanol–water partition coefficient (Wildman–Crippen LogP) is 3.69. The van der Waals surface area contributed by atoms with E-state index in [9.17, 15) is 4.39 Å². The molecule has 1 unspecified atom stereocenters. The number of ether oxygens (including phenoxy) is 1. The lowest BCUT2D eigenvalue weighted by Gasteiger charge is -2.15. The number of benzene rings is 2. The highest BCUT2D eigenvalue weighted by Crippen LogP contribution is 2.18.